The maximum atomic E-state index is 4.46. The minimum absolute atomic E-state index is 0. The van der Waals surface area contributed by atoms with E-state index in [0.29, 0.717) is 0 Å². The van der Waals surface area contributed by atoms with Crippen LogP contribution in [0.25, 0.3) is 0 Å². The lowest BCUT2D eigenvalue weighted by atomic mass is 10.0. The quantitative estimate of drug-likeness (QED) is 0.453. The Bertz CT molecular complexity index is 308. The van der Waals surface area contributed by atoms with Crippen LogP contribution < -0.4 is 5.32 Å². The van der Waals surface area contributed by atoms with E-state index in [0.717, 1.165) is 37.4 Å². The molecule has 0 aliphatic carbocycles. The van der Waals surface area contributed by atoms with Gasteiger partial charge in [-0.1, -0.05) is 13.8 Å². The Hall–Kier alpha value is -0.0400. The molecule has 2 fully saturated rings. The van der Waals surface area contributed by atoms with E-state index in [-0.39, 0.29) is 24.0 Å². The summed E-state index contributed by atoms with van der Waals surface area (Å²) in [5.74, 6) is 2.70. The number of nitrogens with zero attached hydrogens (tertiary/aromatic N) is 3. The molecule has 5 heteroatoms. The monoisotopic (exact) mass is 394 g/mol. The molecular weight excluding hydrogens is 363 g/mol. The number of likely N-dealkylation sites (tertiary alicyclic amines) is 2. The standard InChI is InChI=1S/C15H30N4.HI/c1-4-18-9-7-14(12-18)10-17-15(16-3)19-8-5-6-13(2)11-19;/h13-14H,4-12H2,1-3H3,(H,16,17);1H. The first kappa shape index (κ1) is 18.0. The van der Waals surface area contributed by atoms with E-state index in [1.54, 1.807) is 0 Å². The van der Waals surface area contributed by atoms with Crippen LogP contribution in [0.1, 0.15) is 33.1 Å². The van der Waals surface area contributed by atoms with Crippen LogP contribution in [0.3, 0.4) is 0 Å². The Morgan fingerprint density at radius 1 is 1.25 bits per heavy atom. The summed E-state index contributed by atoms with van der Waals surface area (Å²) >= 11 is 0. The van der Waals surface area contributed by atoms with E-state index in [1.165, 1.54) is 38.9 Å². The number of guanidine groups is 1. The molecule has 0 aromatic rings. The van der Waals surface area contributed by atoms with Crippen LogP contribution in [0.2, 0.25) is 0 Å². The predicted octanol–water partition coefficient (Wildman–Crippen LogP) is 2.25. The molecule has 4 nitrogen and oxygen atoms in total. The normalized spacial score (nSPS) is 28.4. The Morgan fingerprint density at radius 3 is 2.65 bits per heavy atom. The molecule has 0 amide bonds. The molecule has 118 valence electrons. The number of hydrogen-bond donors (Lipinski definition) is 1. The smallest absolute Gasteiger partial charge is 0.193 e. The summed E-state index contributed by atoms with van der Waals surface area (Å²) in [5.41, 5.74) is 0. The van der Waals surface area contributed by atoms with Crippen LogP contribution >= 0.6 is 24.0 Å². The van der Waals surface area contributed by atoms with E-state index >= 15 is 0 Å². The first-order chi connectivity index (χ1) is 9.22. The highest BCUT2D eigenvalue weighted by atomic mass is 127. The molecule has 0 aromatic heterocycles. The van der Waals surface area contributed by atoms with E-state index in [2.05, 4.69) is 34.0 Å². The van der Waals surface area contributed by atoms with Crippen LogP contribution in [0.15, 0.2) is 4.99 Å². The Balaban J connectivity index is 0.00000200. The summed E-state index contributed by atoms with van der Waals surface area (Å²) < 4.78 is 0. The van der Waals surface area contributed by atoms with E-state index in [4.69, 9.17) is 0 Å². The van der Waals surface area contributed by atoms with Crippen molar-refractivity contribution in [2.24, 2.45) is 16.8 Å². The summed E-state index contributed by atoms with van der Waals surface area (Å²) in [5, 5.41) is 3.60. The Kier molecular flexibility index (Phi) is 8.17. The first-order valence-corrected chi connectivity index (χ1v) is 7.90. The fourth-order valence-electron chi connectivity index (χ4n) is 3.32. The number of halogens is 1. The zero-order chi connectivity index (χ0) is 13.7. The minimum atomic E-state index is 0. The van der Waals surface area contributed by atoms with Gasteiger partial charge in [0.25, 0.3) is 0 Å². The Morgan fingerprint density at radius 2 is 2.05 bits per heavy atom. The molecule has 2 saturated heterocycles. The van der Waals surface area contributed by atoms with Crippen LogP contribution in [0.4, 0.5) is 0 Å². The average Bonchev–Trinajstić information content (AvgIpc) is 2.87. The van der Waals surface area contributed by atoms with Crippen molar-refractivity contribution in [3.05, 3.63) is 0 Å². The van der Waals surface area contributed by atoms with Gasteiger partial charge in [-0.3, -0.25) is 4.99 Å². The van der Waals surface area contributed by atoms with Crippen molar-refractivity contribution in [2.75, 3.05) is 46.3 Å². The highest BCUT2D eigenvalue weighted by molar-refractivity contribution is 14.0. The van der Waals surface area contributed by atoms with Crippen LogP contribution in [0.5, 0.6) is 0 Å². The van der Waals surface area contributed by atoms with Gasteiger partial charge in [-0.25, -0.2) is 0 Å². The summed E-state index contributed by atoms with van der Waals surface area (Å²) in [6.07, 6.45) is 3.99. The summed E-state index contributed by atoms with van der Waals surface area (Å²) in [7, 11) is 1.91. The largest absolute Gasteiger partial charge is 0.356 e. The van der Waals surface area contributed by atoms with E-state index in [9.17, 15) is 0 Å². The molecule has 1 N–H and O–H groups in total. The second-order valence-electron chi connectivity index (χ2n) is 6.17. The van der Waals surface area contributed by atoms with Gasteiger partial charge in [0.05, 0.1) is 0 Å². The number of aliphatic imine (C=N–C) groups is 1. The van der Waals surface area contributed by atoms with Crippen LogP contribution in [0, 0.1) is 11.8 Å². The molecule has 2 rings (SSSR count). The van der Waals surface area contributed by atoms with Crippen molar-refractivity contribution < 1.29 is 0 Å². The second-order valence-corrected chi connectivity index (χ2v) is 6.17. The molecule has 2 aliphatic rings. The molecule has 0 radical (unpaired) electrons. The third kappa shape index (κ3) is 5.06. The van der Waals surface area contributed by atoms with Crippen molar-refractivity contribution in [2.45, 2.75) is 33.1 Å². The predicted molar refractivity (Wildman–Crippen MR) is 97.0 cm³/mol. The van der Waals surface area contributed by atoms with E-state index < -0.39 is 0 Å². The number of rotatable bonds is 3. The van der Waals surface area contributed by atoms with Gasteiger partial charge >= 0.3 is 0 Å². The second kappa shape index (κ2) is 9.07. The van der Waals surface area contributed by atoms with Gasteiger partial charge in [-0.2, -0.15) is 0 Å². The van der Waals surface area contributed by atoms with Gasteiger partial charge < -0.3 is 15.1 Å². The topological polar surface area (TPSA) is 30.9 Å². The molecule has 0 bridgehead atoms. The molecular formula is C15H31IN4. The van der Waals surface area contributed by atoms with E-state index in [1.807, 2.05) is 7.05 Å². The van der Waals surface area contributed by atoms with Gasteiger partial charge in [-0.15, -0.1) is 24.0 Å². The highest BCUT2D eigenvalue weighted by Crippen LogP contribution is 2.17. The lowest BCUT2D eigenvalue weighted by Gasteiger charge is -2.34. The maximum absolute atomic E-state index is 4.46. The van der Waals surface area contributed by atoms with Gasteiger partial charge in [0.1, 0.15) is 0 Å². The van der Waals surface area contributed by atoms with Crippen molar-refractivity contribution in [1.82, 2.24) is 15.1 Å². The summed E-state index contributed by atoms with van der Waals surface area (Å²) in [4.78, 5) is 9.44. The van der Waals surface area contributed by atoms with Crippen LogP contribution in [-0.4, -0.2) is 62.1 Å². The van der Waals surface area contributed by atoms with Crippen molar-refractivity contribution in [3.63, 3.8) is 0 Å². The highest BCUT2D eigenvalue weighted by Gasteiger charge is 2.23. The molecule has 2 heterocycles. The van der Waals surface area contributed by atoms with Gasteiger partial charge in [0.15, 0.2) is 5.96 Å². The number of piperidine rings is 1. The SMILES string of the molecule is CCN1CCC(CNC(=NC)N2CCCC(C)C2)C1.I. The van der Waals surface area contributed by atoms with Gasteiger partial charge in [0.2, 0.25) is 0 Å². The molecule has 2 atom stereocenters. The molecule has 0 spiro atoms. The van der Waals surface area contributed by atoms with Crippen molar-refractivity contribution in [1.29, 1.82) is 0 Å². The lowest BCUT2D eigenvalue weighted by molar-refractivity contribution is 0.264. The maximum Gasteiger partial charge on any atom is 0.193 e. The lowest BCUT2D eigenvalue weighted by Crippen LogP contribution is -2.47. The number of nitrogens with one attached hydrogen (secondary N) is 1. The molecule has 2 unspecified atom stereocenters. The average molecular weight is 394 g/mol. The third-order valence-corrected chi connectivity index (χ3v) is 4.53. The fraction of sp³-hybridized carbons (Fsp3) is 0.933. The molecule has 20 heavy (non-hydrogen) atoms. The zero-order valence-electron chi connectivity index (χ0n) is 13.3. The fourth-order valence-corrected chi connectivity index (χ4v) is 3.32. The minimum Gasteiger partial charge on any atom is -0.356 e. The van der Waals surface area contributed by atoms with Gasteiger partial charge in [0, 0.05) is 33.2 Å². The zero-order valence-corrected chi connectivity index (χ0v) is 15.6. The molecule has 0 saturated carbocycles. The summed E-state index contributed by atoms with van der Waals surface area (Å²) in [6.45, 7) is 11.7. The Labute approximate surface area is 141 Å². The van der Waals surface area contributed by atoms with Crippen molar-refractivity contribution >= 4 is 29.9 Å². The number of hydrogen-bond acceptors (Lipinski definition) is 2. The van der Waals surface area contributed by atoms with Crippen molar-refractivity contribution in [3.8, 4) is 0 Å². The molecule has 2 aliphatic heterocycles. The first-order valence-electron chi connectivity index (χ1n) is 7.90. The summed E-state index contributed by atoms with van der Waals surface area (Å²) in [6, 6.07) is 0. The van der Waals surface area contributed by atoms with Gasteiger partial charge in [-0.05, 0) is 44.2 Å². The molecule has 0 aromatic carbocycles. The third-order valence-electron chi connectivity index (χ3n) is 4.53. The van der Waals surface area contributed by atoms with Crippen LogP contribution in [-0.2, 0) is 0 Å².